The fraction of sp³-hybridized carbons (Fsp3) is 0.632. The van der Waals surface area contributed by atoms with Crippen LogP contribution in [0.25, 0.3) is 0 Å². The molecule has 0 spiro atoms. The molecule has 0 bridgehead atoms. The van der Waals surface area contributed by atoms with Crippen LogP contribution < -0.4 is 43.8 Å². The number of rotatable bonds is 27. The summed E-state index contributed by atoms with van der Waals surface area (Å²) in [7, 11) is 0. The number of hydrogen-bond acceptors (Lipinski definition) is 10. The molecule has 0 heterocycles. The van der Waals surface area contributed by atoms with Crippen molar-refractivity contribution in [2.24, 2.45) is 23.1 Å². The van der Waals surface area contributed by atoms with Crippen LogP contribution in [0.3, 0.4) is 0 Å². The monoisotopic (exact) mass is 760 g/mol. The molecule has 6 atom stereocenters. The van der Waals surface area contributed by atoms with E-state index in [2.05, 4.69) is 33.2 Å². The van der Waals surface area contributed by atoms with E-state index >= 15 is 0 Å². The van der Waals surface area contributed by atoms with Crippen LogP contribution in [-0.4, -0.2) is 94.6 Å². The van der Waals surface area contributed by atoms with Gasteiger partial charge in [-0.25, -0.2) is 4.79 Å². The zero-order chi connectivity index (χ0) is 40.8. The first-order valence-corrected chi connectivity index (χ1v) is 18.8. The van der Waals surface area contributed by atoms with Crippen LogP contribution in [0.4, 0.5) is 0 Å². The molecule has 16 nitrogen and oxygen atoms in total. The minimum Gasteiger partial charge on any atom is -0.508 e. The topological polar surface area (TPSA) is 281 Å². The average Bonchev–Trinajstić information content (AvgIpc) is 3.10. The quantitative estimate of drug-likeness (QED) is 0.0443. The number of amides is 5. The molecular weight excluding hydrogens is 696 g/mol. The Labute approximate surface area is 319 Å². The fourth-order valence-corrected chi connectivity index (χ4v) is 5.74. The van der Waals surface area contributed by atoms with Crippen molar-refractivity contribution in [1.29, 1.82) is 0 Å². The number of carboxylic acid groups (broad SMARTS) is 1. The molecule has 1 rings (SSSR count). The third-order valence-corrected chi connectivity index (χ3v) is 8.80. The molecule has 0 unspecified atom stereocenters. The summed E-state index contributed by atoms with van der Waals surface area (Å²) in [5.41, 5.74) is 16.9. The van der Waals surface area contributed by atoms with Crippen molar-refractivity contribution < 1.29 is 39.0 Å². The molecule has 5 amide bonds. The minimum absolute atomic E-state index is 0.00728. The number of carboxylic acids is 1. The number of aliphatic carboxylic acids is 1. The number of carbonyl (C=O) groups is 6. The fourth-order valence-electron chi connectivity index (χ4n) is 5.74. The van der Waals surface area contributed by atoms with Crippen molar-refractivity contribution in [1.82, 2.24) is 26.6 Å². The summed E-state index contributed by atoms with van der Waals surface area (Å²) < 4.78 is 0. The van der Waals surface area contributed by atoms with Gasteiger partial charge in [0, 0.05) is 6.42 Å². The zero-order valence-corrected chi connectivity index (χ0v) is 32.3. The van der Waals surface area contributed by atoms with Crippen LogP contribution >= 0.6 is 0 Å². The lowest BCUT2D eigenvalue weighted by molar-refractivity contribution is -0.142. The van der Waals surface area contributed by atoms with Gasteiger partial charge >= 0.3 is 5.97 Å². The molecule has 54 heavy (non-hydrogen) atoms. The van der Waals surface area contributed by atoms with Crippen LogP contribution in [0.2, 0.25) is 0 Å². The van der Waals surface area contributed by atoms with Crippen molar-refractivity contribution in [3.63, 3.8) is 0 Å². The summed E-state index contributed by atoms with van der Waals surface area (Å²) in [5, 5.41) is 32.8. The molecule has 1 aromatic rings. The highest BCUT2D eigenvalue weighted by Gasteiger charge is 2.34. The van der Waals surface area contributed by atoms with Gasteiger partial charge in [0.1, 0.15) is 36.0 Å². The first kappa shape index (κ1) is 47.5. The number of unbranched alkanes of at least 4 members (excludes halogenated alkanes) is 2. The number of phenolic OH excluding ortho intramolecular Hbond substituents is 1. The summed E-state index contributed by atoms with van der Waals surface area (Å²) in [6.45, 7) is 11.5. The molecule has 0 aliphatic heterocycles. The average molecular weight is 761 g/mol. The van der Waals surface area contributed by atoms with Gasteiger partial charge in [-0.05, 0) is 101 Å². The maximum absolute atomic E-state index is 13.8. The molecular formula is C38H64N8O8. The first-order chi connectivity index (χ1) is 25.5. The number of phenols is 1. The van der Waals surface area contributed by atoms with Crippen LogP contribution in [0.5, 0.6) is 5.75 Å². The van der Waals surface area contributed by atoms with E-state index in [1.807, 2.05) is 20.8 Å². The summed E-state index contributed by atoms with van der Waals surface area (Å²) in [6, 6.07) is 0.102. The van der Waals surface area contributed by atoms with Gasteiger partial charge in [0.25, 0.3) is 0 Å². The Balaban J connectivity index is 3.34. The van der Waals surface area contributed by atoms with Gasteiger partial charge in [-0.15, -0.1) is 6.58 Å². The molecule has 13 N–H and O–H groups in total. The number of carbonyl (C=O) groups excluding carboxylic acids is 5. The van der Waals surface area contributed by atoms with Gasteiger partial charge in [0.05, 0.1) is 5.54 Å². The lowest BCUT2D eigenvalue weighted by Gasteiger charge is -2.29. The molecule has 16 heteroatoms. The molecule has 0 aliphatic rings. The van der Waals surface area contributed by atoms with E-state index < -0.39 is 71.3 Å². The van der Waals surface area contributed by atoms with Crippen molar-refractivity contribution >= 4 is 35.5 Å². The molecule has 1 aromatic carbocycles. The molecule has 0 fully saturated rings. The van der Waals surface area contributed by atoms with E-state index in [1.54, 1.807) is 19.1 Å². The second-order valence-electron chi connectivity index (χ2n) is 14.4. The van der Waals surface area contributed by atoms with Crippen molar-refractivity contribution in [3.05, 3.63) is 42.5 Å². The predicted octanol–water partition coefficient (Wildman–Crippen LogP) is 0.841. The van der Waals surface area contributed by atoms with E-state index in [4.69, 9.17) is 17.2 Å². The summed E-state index contributed by atoms with van der Waals surface area (Å²) >= 11 is 0. The SMILES string of the molecule is C=CC[C@H](NC(=O)[C@H](CCCCN)NC(=O)[C@H](CCCCN)NC(=O)[C@](C)(N)CCC)C(=O)N[C@@H](Cc1ccc(O)cc1)C(=O)N[C@@H](CC(C)C)C(=O)O. The van der Waals surface area contributed by atoms with E-state index in [-0.39, 0.29) is 43.8 Å². The molecule has 304 valence electrons. The molecule has 0 aromatic heterocycles. The van der Waals surface area contributed by atoms with Crippen LogP contribution in [0.15, 0.2) is 36.9 Å². The van der Waals surface area contributed by atoms with Crippen LogP contribution in [0.1, 0.15) is 97.5 Å². The lowest BCUT2D eigenvalue weighted by Crippen LogP contribution is -2.60. The number of benzene rings is 1. The third-order valence-electron chi connectivity index (χ3n) is 8.80. The Morgan fingerprint density at radius 1 is 0.759 bits per heavy atom. The summed E-state index contributed by atoms with van der Waals surface area (Å²) in [5.74, 6) is -4.60. The smallest absolute Gasteiger partial charge is 0.326 e. The number of nitrogens with one attached hydrogen (secondary N) is 5. The highest BCUT2D eigenvalue weighted by Crippen LogP contribution is 2.14. The standard InChI is InChI=1S/C38H64N8O8/c1-6-12-27(32(48)44-30(23-25-15-17-26(47)18-16-25)35(51)45-31(36(52)53)22-24(3)4)42-33(49)28(13-8-10-20-39)43-34(50)29(14-9-11-21-40)46-37(54)38(5,41)19-7-2/h6,15-18,24,27-31,47H,1,7-14,19-23,39-41H2,2-5H3,(H,42,49)(H,43,50)(H,44,48)(H,45,51)(H,46,54)(H,52,53)/t27-,28-,29-,30-,31-,38+/m0/s1. The summed E-state index contributed by atoms with van der Waals surface area (Å²) in [6.07, 6.45) is 5.06. The Bertz CT molecular complexity index is 1370. The maximum Gasteiger partial charge on any atom is 0.326 e. The van der Waals surface area contributed by atoms with Crippen LogP contribution in [0, 0.1) is 5.92 Å². The maximum atomic E-state index is 13.8. The van der Waals surface area contributed by atoms with Gasteiger partial charge in [-0.1, -0.05) is 45.4 Å². The molecule has 0 aliphatic carbocycles. The van der Waals surface area contributed by atoms with Gasteiger partial charge in [-0.2, -0.15) is 0 Å². The van der Waals surface area contributed by atoms with Gasteiger partial charge in [-0.3, -0.25) is 24.0 Å². The minimum atomic E-state index is -1.26. The van der Waals surface area contributed by atoms with Gasteiger partial charge in [0.2, 0.25) is 29.5 Å². The third kappa shape index (κ3) is 17.5. The molecule has 0 radical (unpaired) electrons. The largest absolute Gasteiger partial charge is 0.508 e. The molecule has 0 saturated heterocycles. The van der Waals surface area contributed by atoms with Crippen LogP contribution in [-0.2, 0) is 35.2 Å². The second kappa shape index (κ2) is 24.7. The van der Waals surface area contributed by atoms with Crippen molar-refractivity contribution in [3.8, 4) is 5.75 Å². The highest BCUT2D eigenvalue weighted by molar-refractivity contribution is 5.96. The zero-order valence-electron chi connectivity index (χ0n) is 32.3. The molecule has 0 saturated carbocycles. The van der Waals surface area contributed by atoms with Crippen molar-refractivity contribution in [2.75, 3.05) is 13.1 Å². The Morgan fingerprint density at radius 2 is 1.22 bits per heavy atom. The predicted molar refractivity (Wildman–Crippen MR) is 207 cm³/mol. The second-order valence-corrected chi connectivity index (χ2v) is 14.4. The first-order valence-electron chi connectivity index (χ1n) is 18.8. The number of nitrogens with two attached hydrogens (primary N) is 3. The Hall–Kier alpha value is -4.54. The van der Waals surface area contributed by atoms with Gasteiger partial charge < -0.3 is 54.0 Å². The Morgan fingerprint density at radius 3 is 1.70 bits per heavy atom. The van der Waals surface area contributed by atoms with E-state index in [0.29, 0.717) is 57.2 Å². The van der Waals surface area contributed by atoms with E-state index in [1.165, 1.54) is 18.2 Å². The highest BCUT2D eigenvalue weighted by atomic mass is 16.4. The summed E-state index contributed by atoms with van der Waals surface area (Å²) in [4.78, 5) is 79.8. The number of hydrogen-bond donors (Lipinski definition) is 10. The van der Waals surface area contributed by atoms with E-state index in [0.717, 1.165) is 0 Å². The van der Waals surface area contributed by atoms with Crippen molar-refractivity contribution in [2.45, 2.75) is 134 Å². The number of aromatic hydroxyl groups is 1. The lowest BCUT2D eigenvalue weighted by atomic mass is 9.95. The normalized spacial score (nSPS) is 15.0. The Kier molecular flexibility index (Phi) is 21.7. The van der Waals surface area contributed by atoms with E-state index in [9.17, 15) is 39.0 Å². The van der Waals surface area contributed by atoms with Gasteiger partial charge in [0.15, 0.2) is 0 Å².